The number of halogens is 3. The van der Waals surface area contributed by atoms with Gasteiger partial charge in [0, 0.05) is 29.1 Å². The van der Waals surface area contributed by atoms with E-state index in [4.69, 9.17) is 39.9 Å². The van der Waals surface area contributed by atoms with Crippen LogP contribution in [0.4, 0.5) is 5.69 Å². The molecule has 2 aliphatic heterocycles. The van der Waals surface area contributed by atoms with E-state index in [9.17, 15) is 4.79 Å². The van der Waals surface area contributed by atoms with E-state index in [0.29, 0.717) is 26.5 Å². The number of amides is 1. The zero-order valence-corrected chi connectivity index (χ0v) is 18.2. The van der Waals surface area contributed by atoms with Crippen molar-refractivity contribution in [1.29, 1.82) is 0 Å². The molecule has 0 aliphatic carbocycles. The van der Waals surface area contributed by atoms with Crippen LogP contribution in [0.3, 0.4) is 0 Å². The second-order valence-electron chi connectivity index (χ2n) is 7.35. The summed E-state index contributed by atoms with van der Waals surface area (Å²) in [5.74, 6) is -0.323. The maximum atomic E-state index is 13.0. The number of nitrogens with zero attached hydrogens (tertiary/aromatic N) is 3. The molecule has 1 N–H and O–H groups in total. The number of benzene rings is 2. The van der Waals surface area contributed by atoms with E-state index in [1.54, 1.807) is 12.1 Å². The summed E-state index contributed by atoms with van der Waals surface area (Å²) in [6, 6.07) is 12.7. The van der Waals surface area contributed by atoms with Crippen molar-refractivity contribution in [3.05, 3.63) is 63.1 Å². The lowest BCUT2D eigenvalue weighted by Crippen LogP contribution is -2.44. The molecule has 0 unspecified atom stereocenters. The van der Waals surface area contributed by atoms with Crippen LogP contribution < -0.4 is 10.4 Å². The van der Waals surface area contributed by atoms with Gasteiger partial charge in [0.15, 0.2) is 0 Å². The minimum absolute atomic E-state index is 0.148. The molecule has 0 bridgehead atoms. The standard InChI is InChI=1S/C21H21Cl3N4O/c1-13-19(21(29)26-27-10-2-3-11-27)25-28(18-9-8-16(23)12-17(18)24)20(13)14-4-6-15(22)7-5-14/h4-9,12-13,20H,2-3,10-11H2,1H3,(H,26,29)/t13-,20+/m0/s1. The first-order chi connectivity index (χ1) is 13.9. The van der Waals surface area contributed by atoms with E-state index in [-0.39, 0.29) is 17.9 Å². The van der Waals surface area contributed by atoms with Gasteiger partial charge in [0.1, 0.15) is 5.71 Å². The van der Waals surface area contributed by atoms with Crippen LogP contribution in [0.15, 0.2) is 47.6 Å². The Balaban J connectivity index is 1.70. The summed E-state index contributed by atoms with van der Waals surface area (Å²) in [5.41, 5.74) is 5.17. The van der Waals surface area contributed by atoms with Crippen LogP contribution in [0.2, 0.25) is 15.1 Å². The first kappa shape index (κ1) is 20.5. The van der Waals surface area contributed by atoms with Crippen molar-refractivity contribution in [3.8, 4) is 0 Å². The Bertz CT molecular complexity index is 941. The summed E-state index contributed by atoms with van der Waals surface area (Å²) in [4.78, 5) is 13.0. The van der Waals surface area contributed by atoms with Gasteiger partial charge in [-0.3, -0.25) is 15.2 Å². The summed E-state index contributed by atoms with van der Waals surface area (Å²) in [6.07, 6.45) is 2.17. The molecule has 29 heavy (non-hydrogen) atoms. The van der Waals surface area contributed by atoms with Crippen molar-refractivity contribution < 1.29 is 4.79 Å². The Kier molecular flexibility index (Phi) is 6.02. The minimum Gasteiger partial charge on any atom is -0.284 e. The highest BCUT2D eigenvalue weighted by molar-refractivity contribution is 6.41. The Labute approximate surface area is 185 Å². The quantitative estimate of drug-likeness (QED) is 0.684. The fourth-order valence-electron chi connectivity index (χ4n) is 3.87. The predicted octanol–water partition coefficient (Wildman–Crippen LogP) is 5.33. The van der Waals surface area contributed by atoms with Crippen LogP contribution >= 0.6 is 34.8 Å². The van der Waals surface area contributed by atoms with Gasteiger partial charge in [-0.2, -0.15) is 5.10 Å². The van der Waals surface area contributed by atoms with Gasteiger partial charge in [-0.15, -0.1) is 0 Å². The Morgan fingerprint density at radius 3 is 2.34 bits per heavy atom. The van der Waals surface area contributed by atoms with Crippen LogP contribution in [0.25, 0.3) is 0 Å². The number of rotatable bonds is 4. The molecular formula is C21H21Cl3N4O. The van der Waals surface area contributed by atoms with E-state index in [1.165, 1.54) is 0 Å². The third-order valence-corrected chi connectivity index (χ3v) is 6.14. The molecule has 1 fully saturated rings. The smallest absolute Gasteiger partial charge is 0.282 e. The summed E-state index contributed by atoms with van der Waals surface area (Å²) in [6.45, 7) is 3.73. The molecule has 1 saturated heterocycles. The van der Waals surface area contributed by atoms with Gasteiger partial charge in [0.2, 0.25) is 0 Å². The van der Waals surface area contributed by atoms with Gasteiger partial charge in [0.25, 0.3) is 5.91 Å². The van der Waals surface area contributed by atoms with Crippen molar-refractivity contribution in [2.24, 2.45) is 11.0 Å². The second kappa shape index (κ2) is 8.52. The third-order valence-electron chi connectivity index (χ3n) is 5.35. The van der Waals surface area contributed by atoms with Crippen molar-refractivity contribution in [3.63, 3.8) is 0 Å². The molecule has 2 aliphatic rings. The maximum Gasteiger partial charge on any atom is 0.282 e. The first-order valence-corrected chi connectivity index (χ1v) is 10.7. The molecule has 8 heteroatoms. The number of nitrogens with one attached hydrogen (secondary N) is 1. The highest BCUT2D eigenvalue weighted by atomic mass is 35.5. The van der Waals surface area contributed by atoms with Crippen molar-refractivity contribution in [2.45, 2.75) is 25.8 Å². The van der Waals surface area contributed by atoms with E-state index in [0.717, 1.165) is 31.5 Å². The molecule has 0 saturated carbocycles. The SMILES string of the molecule is C[C@H]1C(C(=O)NN2CCCC2)=NN(c2ccc(Cl)cc2Cl)[C@H]1c1ccc(Cl)cc1. The van der Waals surface area contributed by atoms with Crippen LogP contribution in [-0.2, 0) is 4.79 Å². The normalized spacial score (nSPS) is 22.1. The van der Waals surface area contributed by atoms with Gasteiger partial charge in [0.05, 0.1) is 16.8 Å². The molecule has 0 spiro atoms. The predicted molar refractivity (Wildman–Crippen MR) is 119 cm³/mol. The highest BCUT2D eigenvalue weighted by Gasteiger charge is 2.40. The van der Waals surface area contributed by atoms with Crippen LogP contribution in [0.1, 0.15) is 31.4 Å². The Hall–Kier alpha value is -1.79. The highest BCUT2D eigenvalue weighted by Crippen LogP contribution is 2.42. The lowest BCUT2D eigenvalue weighted by atomic mass is 9.91. The van der Waals surface area contributed by atoms with Crippen molar-refractivity contribution in [1.82, 2.24) is 10.4 Å². The fraction of sp³-hybridized carbons (Fsp3) is 0.333. The Morgan fingerprint density at radius 1 is 1.03 bits per heavy atom. The molecule has 2 aromatic rings. The molecular weight excluding hydrogens is 431 g/mol. The van der Waals surface area contributed by atoms with Gasteiger partial charge in [-0.25, -0.2) is 5.01 Å². The zero-order chi connectivity index (χ0) is 20.5. The third kappa shape index (κ3) is 4.24. The lowest BCUT2D eigenvalue weighted by Gasteiger charge is -2.27. The molecule has 0 radical (unpaired) electrons. The molecule has 1 amide bonds. The topological polar surface area (TPSA) is 47.9 Å². The van der Waals surface area contributed by atoms with E-state index < -0.39 is 0 Å². The maximum absolute atomic E-state index is 13.0. The number of carbonyl (C=O) groups is 1. The number of carbonyl (C=O) groups excluding carboxylic acids is 1. The fourth-order valence-corrected chi connectivity index (χ4v) is 4.49. The van der Waals surface area contributed by atoms with Crippen LogP contribution in [0, 0.1) is 5.92 Å². The molecule has 0 aromatic heterocycles. The first-order valence-electron chi connectivity index (χ1n) is 9.58. The number of hydrogen-bond donors (Lipinski definition) is 1. The molecule has 2 aromatic carbocycles. The average Bonchev–Trinajstić information content (AvgIpc) is 3.30. The number of hydrazone groups is 1. The van der Waals surface area contributed by atoms with Crippen molar-refractivity contribution >= 4 is 52.1 Å². The van der Waals surface area contributed by atoms with Gasteiger partial charge in [-0.05, 0) is 48.7 Å². The monoisotopic (exact) mass is 450 g/mol. The van der Waals surface area contributed by atoms with E-state index >= 15 is 0 Å². The average molecular weight is 452 g/mol. The van der Waals surface area contributed by atoms with Crippen LogP contribution in [0.5, 0.6) is 0 Å². The number of hydrogen-bond acceptors (Lipinski definition) is 4. The van der Waals surface area contributed by atoms with E-state index in [1.807, 2.05) is 47.3 Å². The Morgan fingerprint density at radius 2 is 1.69 bits per heavy atom. The number of anilines is 1. The largest absolute Gasteiger partial charge is 0.284 e. The minimum atomic E-state index is -0.190. The summed E-state index contributed by atoms with van der Waals surface area (Å²) in [7, 11) is 0. The summed E-state index contributed by atoms with van der Waals surface area (Å²) < 4.78 is 0. The van der Waals surface area contributed by atoms with Gasteiger partial charge >= 0.3 is 0 Å². The molecule has 2 atom stereocenters. The van der Waals surface area contributed by atoms with Gasteiger partial charge in [-0.1, -0.05) is 53.9 Å². The zero-order valence-electron chi connectivity index (χ0n) is 15.9. The molecule has 4 rings (SSSR count). The molecule has 5 nitrogen and oxygen atoms in total. The van der Waals surface area contributed by atoms with Crippen LogP contribution in [-0.4, -0.2) is 29.7 Å². The summed E-state index contributed by atoms with van der Waals surface area (Å²) in [5, 5.41) is 10.1. The number of hydrazine groups is 1. The second-order valence-corrected chi connectivity index (χ2v) is 8.63. The summed E-state index contributed by atoms with van der Waals surface area (Å²) >= 11 is 18.6. The van der Waals surface area contributed by atoms with E-state index in [2.05, 4.69) is 5.43 Å². The molecule has 152 valence electrons. The lowest BCUT2D eigenvalue weighted by molar-refractivity contribution is -0.119. The van der Waals surface area contributed by atoms with Crippen molar-refractivity contribution in [2.75, 3.05) is 18.1 Å². The van der Waals surface area contributed by atoms with Gasteiger partial charge < -0.3 is 0 Å². The molecule has 2 heterocycles.